The number of amides is 2. The molecule has 2 heterocycles. The first kappa shape index (κ1) is 23.4. The molecule has 7 heteroatoms. The summed E-state index contributed by atoms with van der Waals surface area (Å²) in [6.45, 7) is 9.60. The molecule has 2 amide bonds. The predicted molar refractivity (Wildman–Crippen MR) is 126 cm³/mol. The van der Waals surface area contributed by atoms with Gasteiger partial charge in [0.1, 0.15) is 5.60 Å². The van der Waals surface area contributed by atoms with Crippen LogP contribution in [0.15, 0.2) is 18.2 Å². The predicted octanol–water partition coefficient (Wildman–Crippen LogP) is 4.62. The molecule has 1 spiro atoms. The van der Waals surface area contributed by atoms with E-state index in [2.05, 4.69) is 11.0 Å². The molecule has 1 aromatic rings. The number of halogens is 1. The standard InChI is InChI=1S/C25H36ClN3O3/c1-24(2,3)32-23(31)29-15-25(16-29)13-19(14-25)28-10-8-17(9-11-28)18-6-7-20(21(26)12-18)22(30)27(4)5/h6-7,12,17,19H,8-11,13-16H2,1-5H3. The highest BCUT2D eigenvalue weighted by atomic mass is 35.5. The van der Waals surface area contributed by atoms with Gasteiger partial charge in [-0.1, -0.05) is 17.7 Å². The third-order valence-corrected chi connectivity index (χ3v) is 7.50. The van der Waals surface area contributed by atoms with Crippen LogP contribution < -0.4 is 0 Å². The van der Waals surface area contributed by atoms with Crippen LogP contribution in [0.2, 0.25) is 5.02 Å². The molecule has 6 nitrogen and oxygen atoms in total. The van der Waals surface area contributed by atoms with Gasteiger partial charge in [0.05, 0.1) is 10.6 Å². The van der Waals surface area contributed by atoms with Gasteiger partial charge in [0, 0.05) is 38.6 Å². The monoisotopic (exact) mass is 461 g/mol. The van der Waals surface area contributed by atoms with E-state index in [0.29, 0.717) is 28.0 Å². The topological polar surface area (TPSA) is 53.1 Å². The van der Waals surface area contributed by atoms with Crippen molar-refractivity contribution in [1.82, 2.24) is 14.7 Å². The summed E-state index contributed by atoms with van der Waals surface area (Å²) in [5, 5.41) is 0.545. The van der Waals surface area contributed by atoms with Crippen molar-refractivity contribution in [2.75, 3.05) is 40.3 Å². The Labute approximate surface area is 196 Å². The molecule has 2 saturated heterocycles. The number of carbonyl (C=O) groups excluding carboxylic acids is 2. The quantitative estimate of drug-likeness (QED) is 0.659. The maximum Gasteiger partial charge on any atom is 0.410 e. The largest absolute Gasteiger partial charge is 0.444 e. The number of hydrogen-bond donors (Lipinski definition) is 0. The van der Waals surface area contributed by atoms with E-state index in [1.807, 2.05) is 37.8 Å². The van der Waals surface area contributed by atoms with Crippen LogP contribution in [0.5, 0.6) is 0 Å². The van der Waals surface area contributed by atoms with Crippen molar-refractivity contribution in [1.29, 1.82) is 0 Å². The van der Waals surface area contributed by atoms with Gasteiger partial charge in [0.15, 0.2) is 0 Å². The van der Waals surface area contributed by atoms with Crippen molar-refractivity contribution in [3.63, 3.8) is 0 Å². The van der Waals surface area contributed by atoms with E-state index in [1.54, 1.807) is 19.0 Å². The summed E-state index contributed by atoms with van der Waals surface area (Å²) in [6, 6.07) is 6.56. The Morgan fingerprint density at radius 1 is 1.12 bits per heavy atom. The van der Waals surface area contributed by atoms with Gasteiger partial charge in [-0.2, -0.15) is 0 Å². The Bertz CT molecular complexity index is 873. The van der Waals surface area contributed by atoms with Gasteiger partial charge in [-0.25, -0.2) is 4.79 Å². The summed E-state index contributed by atoms with van der Waals surface area (Å²) in [7, 11) is 3.48. The molecule has 1 aliphatic carbocycles. The Morgan fingerprint density at radius 3 is 2.28 bits per heavy atom. The third-order valence-electron chi connectivity index (χ3n) is 7.19. The number of hydrogen-bond acceptors (Lipinski definition) is 4. The zero-order valence-corrected chi connectivity index (χ0v) is 20.7. The van der Waals surface area contributed by atoms with Crippen LogP contribution in [-0.2, 0) is 4.74 Å². The third kappa shape index (κ3) is 4.76. The fourth-order valence-electron chi connectivity index (χ4n) is 5.47. The van der Waals surface area contributed by atoms with Crippen LogP contribution in [-0.4, -0.2) is 78.6 Å². The number of nitrogens with zero attached hydrogens (tertiary/aromatic N) is 3. The molecule has 4 rings (SSSR count). The van der Waals surface area contributed by atoms with Crippen molar-refractivity contribution < 1.29 is 14.3 Å². The van der Waals surface area contributed by atoms with Crippen molar-refractivity contribution in [3.05, 3.63) is 34.3 Å². The lowest BCUT2D eigenvalue weighted by Gasteiger charge is -2.61. The van der Waals surface area contributed by atoms with Gasteiger partial charge >= 0.3 is 6.09 Å². The molecule has 0 aromatic heterocycles. The van der Waals surface area contributed by atoms with E-state index in [9.17, 15) is 9.59 Å². The first-order valence-electron chi connectivity index (χ1n) is 11.7. The zero-order valence-electron chi connectivity index (χ0n) is 20.0. The summed E-state index contributed by atoms with van der Waals surface area (Å²) in [4.78, 5) is 30.5. The molecule has 1 saturated carbocycles. The van der Waals surface area contributed by atoms with Crippen LogP contribution in [0.1, 0.15) is 68.3 Å². The van der Waals surface area contributed by atoms with Gasteiger partial charge in [0.2, 0.25) is 0 Å². The maximum absolute atomic E-state index is 12.2. The summed E-state index contributed by atoms with van der Waals surface area (Å²) in [5.74, 6) is 0.434. The lowest BCUT2D eigenvalue weighted by atomic mass is 9.60. The molecule has 1 aromatic carbocycles. The molecule has 32 heavy (non-hydrogen) atoms. The molecule has 0 radical (unpaired) electrons. The van der Waals surface area contributed by atoms with Crippen molar-refractivity contribution >= 4 is 23.6 Å². The lowest BCUT2D eigenvalue weighted by molar-refractivity contribution is -0.110. The molecular weight excluding hydrogens is 426 g/mol. The number of ether oxygens (including phenoxy) is 1. The normalized spacial score (nSPS) is 21.8. The first-order valence-corrected chi connectivity index (χ1v) is 12.1. The minimum Gasteiger partial charge on any atom is -0.444 e. The number of rotatable bonds is 3. The minimum atomic E-state index is -0.432. The van der Waals surface area contributed by atoms with Crippen molar-refractivity contribution in [3.8, 4) is 0 Å². The van der Waals surface area contributed by atoms with Crippen molar-refractivity contribution in [2.45, 2.75) is 64.0 Å². The SMILES string of the molecule is CN(C)C(=O)c1ccc(C2CCN(C3CC4(C3)CN(C(=O)OC(C)(C)C)C4)CC2)cc1Cl. The van der Waals surface area contributed by atoms with E-state index in [0.717, 1.165) is 39.0 Å². The Balaban J connectivity index is 1.23. The van der Waals surface area contributed by atoms with Gasteiger partial charge < -0.3 is 19.4 Å². The summed E-state index contributed by atoms with van der Waals surface area (Å²) in [6.07, 6.45) is 4.42. The van der Waals surface area contributed by atoms with E-state index in [1.165, 1.54) is 18.4 Å². The van der Waals surface area contributed by atoms with Gasteiger partial charge in [-0.05, 0) is 83.2 Å². The van der Waals surface area contributed by atoms with Crippen molar-refractivity contribution in [2.24, 2.45) is 5.41 Å². The average Bonchev–Trinajstić information content (AvgIpc) is 2.64. The second-order valence-corrected chi connectivity index (χ2v) is 11.6. The second kappa shape index (κ2) is 8.53. The van der Waals surface area contributed by atoms with Crippen LogP contribution in [0, 0.1) is 5.41 Å². The number of likely N-dealkylation sites (tertiary alicyclic amines) is 2. The molecule has 3 aliphatic rings. The molecule has 3 fully saturated rings. The fraction of sp³-hybridized carbons (Fsp3) is 0.680. The summed E-state index contributed by atoms with van der Waals surface area (Å²) >= 11 is 6.43. The van der Waals surface area contributed by atoms with Gasteiger partial charge in [-0.3, -0.25) is 4.79 Å². The van der Waals surface area contributed by atoms with Gasteiger partial charge in [0.25, 0.3) is 5.91 Å². The molecule has 0 unspecified atom stereocenters. The molecule has 0 bridgehead atoms. The van der Waals surface area contributed by atoms with E-state index >= 15 is 0 Å². The first-order chi connectivity index (χ1) is 15.0. The number of benzene rings is 1. The molecular formula is C25H36ClN3O3. The van der Waals surface area contributed by atoms with Gasteiger partial charge in [-0.15, -0.1) is 0 Å². The van der Waals surface area contributed by atoms with E-state index in [-0.39, 0.29) is 12.0 Å². The molecule has 176 valence electrons. The van der Waals surface area contributed by atoms with Crippen LogP contribution in [0.3, 0.4) is 0 Å². The van der Waals surface area contributed by atoms with Crippen LogP contribution in [0.4, 0.5) is 4.79 Å². The van der Waals surface area contributed by atoms with E-state index in [4.69, 9.17) is 16.3 Å². The smallest absolute Gasteiger partial charge is 0.410 e. The highest BCUT2D eigenvalue weighted by Crippen LogP contribution is 2.51. The Kier molecular flexibility index (Phi) is 6.23. The number of carbonyl (C=O) groups is 2. The molecule has 2 aliphatic heterocycles. The van der Waals surface area contributed by atoms with Crippen LogP contribution >= 0.6 is 11.6 Å². The fourth-order valence-corrected chi connectivity index (χ4v) is 5.74. The second-order valence-electron chi connectivity index (χ2n) is 11.1. The average molecular weight is 462 g/mol. The minimum absolute atomic E-state index is 0.0588. The van der Waals surface area contributed by atoms with E-state index < -0.39 is 5.60 Å². The Hall–Kier alpha value is -1.79. The Morgan fingerprint density at radius 2 is 1.75 bits per heavy atom. The highest BCUT2D eigenvalue weighted by Gasteiger charge is 2.55. The summed E-state index contributed by atoms with van der Waals surface area (Å²) in [5.41, 5.74) is 1.69. The summed E-state index contributed by atoms with van der Waals surface area (Å²) < 4.78 is 5.49. The zero-order chi connectivity index (χ0) is 23.3. The van der Waals surface area contributed by atoms with Crippen LogP contribution in [0.25, 0.3) is 0 Å². The maximum atomic E-state index is 12.2. The molecule has 0 N–H and O–H groups in total. The highest BCUT2D eigenvalue weighted by molar-refractivity contribution is 6.33. The lowest BCUT2D eigenvalue weighted by Crippen LogP contribution is -2.68. The molecule has 0 atom stereocenters. The number of piperidine rings is 1.